The zero-order valence-corrected chi connectivity index (χ0v) is 13.6. The van der Waals surface area contributed by atoms with Crippen molar-refractivity contribution in [1.29, 1.82) is 0 Å². The summed E-state index contributed by atoms with van der Waals surface area (Å²) in [5.41, 5.74) is 0.969. The molecule has 0 saturated carbocycles. The first-order valence-electron chi connectivity index (χ1n) is 7.03. The lowest BCUT2D eigenvalue weighted by Crippen LogP contribution is -2.31. The maximum Gasteiger partial charge on any atom is 0.211 e. The fourth-order valence-electron chi connectivity index (χ4n) is 2.47. The van der Waals surface area contributed by atoms with Crippen LogP contribution >= 0.6 is 11.6 Å². The van der Waals surface area contributed by atoms with Gasteiger partial charge >= 0.3 is 0 Å². The normalized spacial score (nSPS) is 20.0. The van der Waals surface area contributed by atoms with Crippen LogP contribution in [0.1, 0.15) is 18.9 Å². The summed E-state index contributed by atoms with van der Waals surface area (Å²) in [6.45, 7) is 4.56. The summed E-state index contributed by atoms with van der Waals surface area (Å²) < 4.78 is 38.6. The van der Waals surface area contributed by atoms with Crippen molar-refractivity contribution in [1.82, 2.24) is 9.62 Å². The second-order valence-electron chi connectivity index (χ2n) is 5.39. The molecule has 1 fully saturated rings. The Morgan fingerprint density at radius 3 is 2.90 bits per heavy atom. The topological polar surface area (TPSA) is 49.4 Å². The van der Waals surface area contributed by atoms with E-state index in [0.29, 0.717) is 19.0 Å². The summed E-state index contributed by atoms with van der Waals surface area (Å²) in [6, 6.07) is 4.75. The van der Waals surface area contributed by atoms with Crippen LogP contribution in [0.3, 0.4) is 0 Å². The van der Waals surface area contributed by atoms with Crippen molar-refractivity contribution in [3.05, 3.63) is 34.6 Å². The lowest BCUT2D eigenvalue weighted by Gasteiger charge is -2.16. The Hall–Kier alpha value is -0.690. The van der Waals surface area contributed by atoms with E-state index in [0.717, 1.165) is 25.1 Å². The molecule has 1 aromatic carbocycles. The van der Waals surface area contributed by atoms with E-state index in [1.54, 1.807) is 19.1 Å². The molecule has 0 amide bonds. The van der Waals surface area contributed by atoms with Crippen LogP contribution in [0.4, 0.5) is 4.39 Å². The first-order chi connectivity index (χ1) is 9.89. The summed E-state index contributed by atoms with van der Waals surface area (Å²) in [5.74, 6) is 0.0215. The third kappa shape index (κ3) is 4.92. The minimum atomic E-state index is -3.12. The lowest BCUT2D eigenvalue weighted by molar-refractivity contribution is 0.316. The number of benzene rings is 1. The number of nitrogens with zero attached hydrogens (tertiary/aromatic N) is 1. The van der Waals surface area contributed by atoms with Crippen LogP contribution in [0.5, 0.6) is 0 Å². The molecule has 0 radical (unpaired) electrons. The average Bonchev–Trinajstić information content (AvgIpc) is 2.89. The highest BCUT2D eigenvalue weighted by Crippen LogP contribution is 2.21. The number of hydrogen-bond donors (Lipinski definition) is 1. The van der Waals surface area contributed by atoms with Crippen LogP contribution in [0.2, 0.25) is 5.02 Å². The second-order valence-corrected chi connectivity index (χ2v) is 7.89. The Labute approximate surface area is 130 Å². The number of rotatable bonds is 6. The van der Waals surface area contributed by atoms with Crippen LogP contribution in [0.25, 0.3) is 0 Å². The van der Waals surface area contributed by atoms with Crippen molar-refractivity contribution in [2.75, 3.05) is 25.4 Å². The summed E-state index contributed by atoms with van der Waals surface area (Å²) in [6.07, 6.45) is 0.959. The number of hydrogen-bond acceptors (Lipinski definition) is 3. The molecule has 1 atom stereocenters. The highest BCUT2D eigenvalue weighted by molar-refractivity contribution is 7.89. The molecule has 118 valence electrons. The maximum atomic E-state index is 13.1. The SMILES string of the molecule is CCS(=O)(=O)NC[C@H]1CCN(Cc2ccc(F)c(Cl)c2)C1. The van der Waals surface area contributed by atoms with E-state index in [-0.39, 0.29) is 10.8 Å². The largest absolute Gasteiger partial charge is 0.299 e. The molecule has 0 aliphatic carbocycles. The van der Waals surface area contributed by atoms with E-state index >= 15 is 0 Å². The monoisotopic (exact) mass is 334 g/mol. The predicted octanol–water partition coefficient (Wildman–Crippen LogP) is 2.24. The van der Waals surface area contributed by atoms with E-state index in [1.165, 1.54) is 6.07 Å². The molecule has 0 spiro atoms. The molecule has 1 N–H and O–H groups in total. The van der Waals surface area contributed by atoms with Gasteiger partial charge in [-0.15, -0.1) is 0 Å². The highest BCUT2D eigenvalue weighted by Gasteiger charge is 2.23. The van der Waals surface area contributed by atoms with E-state index in [2.05, 4.69) is 9.62 Å². The van der Waals surface area contributed by atoms with Gasteiger partial charge in [0, 0.05) is 19.6 Å². The second kappa shape index (κ2) is 7.05. The lowest BCUT2D eigenvalue weighted by atomic mass is 10.1. The molecule has 0 aromatic heterocycles. The summed E-state index contributed by atoms with van der Waals surface area (Å²) in [4.78, 5) is 2.23. The van der Waals surface area contributed by atoms with Crippen molar-refractivity contribution in [2.45, 2.75) is 19.9 Å². The minimum Gasteiger partial charge on any atom is -0.299 e. The fourth-order valence-corrected chi connectivity index (χ4v) is 3.36. The molecule has 21 heavy (non-hydrogen) atoms. The van der Waals surface area contributed by atoms with Gasteiger partial charge in [-0.1, -0.05) is 17.7 Å². The van der Waals surface area contributed by atoms with Gasteiger partial charge in [-0.2, -0.15) is 0 Å². The Kier molecular flexibility index (Phi) is 5.60. The molecule has 7 heteroatoms. The Morgan fingerprint density at radius 1 is 1.48 bits per heavy atom. The van der Waals surface area contributed by atoms with Gasteiger partial charge in [-0.25, -0.2) is 17.5 Å². The third-order valence-electron chi connectivity index (χ3n) is 3.73. The molecule has 1 aliphatic rings. The molecule has 1 saturated heterocycles. The van der Waals surface area contributed by atoms with Crippen molar-refractivity contribution in [3.8, 4) is 0 Å². The number of sulfonamides is 1. The third-order valence-corrected chi connectivity index (χ3v) is 5.39. The van der Waals surface area contributed by atoms with E-state index < -0.39 is 15.8 Å². The first kappa shape index (κ1) is 16.7. The van der Waals surface area contributed by atoms with Crippen molar-refractivity contribution >= 4 is 21.6 Å². The highest BCUT2D eigenvalue weighted by atomic mass is 35.5. The van der Waals surface area contributed by atoms with Crippen molar-refractivity contribution in [3.63, 3.8) is 0 Å². The maximum absolute atomic E-state index is 13.1. The molecule has 1 aliphatic heterocycles. The Morgan fingerprint density at radius 2 is 2.24 bits per heavy atom. The van der Waals surface area contributed by atoms with Crippen LogP contribution in [-0.4, -0.2) is 38.7 Å². The smallest absolute Gasteiger partial charge is 0.211 e. The summed E-state index contributed by atoms with van der Waals surface area (Å²) >= 11 is 5.77. The van der Waals surface area contributed by atoms with Gasteiger partial charge in [0.15, 0.2) is 0 Å². The minimum absolute atomic E-state index is 0.109. The molecule has 2 rings (SSSR count). The number of halogens is 2. The van der Waals surface area contributed by atoms with Crippen LogP contribution in [0.15, 0.2) is 18.2 Å². The average molecular weight is 335 g/mol. The van der Waals surface area contributed by atoms with E-state index in [1.807, 2.05) is 0 Å². The van der Waals surface area contributed by atoms with Gasteiger partial charge < -0.3 is 0 Å². The zero-order valence-electron chi connectivity index (χ0n) is 12.0. The summed E-state index contributed by atoms with van der Waals surface area (Å²) in [7, 11) is -3.12. The van der Waals surface area contributed by atoms with Gasteiger partial charge in [0.1, 0.15) is 5.82 Å². The first-order valence-corrected chi connectivity index (χ1v) is 9.06. The van der Waals surface area contributed by atoms with E-state index in [9.17, 15) is 12.8 Å². The summed E-state index contributed by atoms with van der Waals surface area (Å²) in [5, 5.41) is 0.138. The number of nitrogens with one attached hydrogen (secondary N) is 1. The molecule has 1 heterocycles. The molecule has 1 aromatic rings. The molecule has 0 unspecified atom stereocenters. The molecular weight excluding hydrogens is 315 g/mol. The Balaban J connectivity index is 1.83. The van der Waals surface area contributed by atoms with Crippen LogP contribution in [-0.2, 0) is 16.6 Å². The quantitative estimate of drug-likeness (QED) is 0.868. The molecule has 4 nitrogen and oxygen atoms in total. The van der Waals surface area contributed by atoms with Crippen molar-refractivity contribution in [2.24, 2.45) is 5.92 Å². The molecular formula is C14H20ClFN2O2S. The number of likely N-dealkylation sites (tertiary alicyclic amines) is 1. The molecule has 0 bridgehead atoms. The van der Waals surface area contributed by atoms with E-state index in [4.69, 9.17) is 11.6 Å². The van der Waals surface area contributed by atoms with Gasteiger partial charge in [0.2, 0.25) is 10.0 Å². The van der Waals surface area contributed by atoms with Gasteiger partial charge in [0.05, 0.1) is 10.8 Å². The van der Waals surface area contributed by atoms with Gasteiger partial charge in [-0.05, 0) is 43.5 Å². The predicted molar refractivity (Wildman–Crippen MR) is 82.3 cm³/mol. The fraction of sp³-hybridized carbons (Fsp3) is 0.571. The zero-order chi connectivity index (χ0) is 15.5. The Bertz CT molecular complexity index is 595. The van der Waals surface area contributed by atoms with Crippen LogP contribution in [0, 0.1) is 11.7 Å². The van der Waals surface area contributed by atoms with Crippen LogP contribution < -0.4 is 4.72 Å². The standard InChI is InChI=1S/C14H20ClFN2O2S/c1-2-21(19,20)17-8-12-5-6-18(10-12)9-11-3-4-14(16)13(15)7-11/h3-4,7,12,17H,2,5-6,8-10H2,1H3/t12-/m1/s1. The van der Waals surface area contributed by atoms with Gasteiger partial charge in [-0.3, -0.25) is 4.90 Å². The van der Waals surface area contributed by atoms with Gasteiger partial charge in [0.25, 0.3) is 0 Å². The van der Waals surface area contributed by atoms with Crippen molar-refractivity contribution < 1.29 is 12.8 Å².